The van der Waals surface area contributed by atoms with Gasteiger partial charge in [0.2, 0.25) is 12.3 Å². The van der Waals surface area contributed by atoms with Crippen molar-refractivity contribution in [1.29, 1.82) is 0 Å². The second-order valence-electron chi connectivity index (χ2n) is 12.4. The van der Waals surface area contributed by atoms with Crippen LogP contribution in [0.5, 0.6) is 0 Å². The average Bonchev–Trinajstić information content (AvgIpc) is 3.06. The largest absolute Gasteiger partial charge is 0.444 e. The normalized spacial score (nSPS) is 11.6. The average molecular weight is 646 g/mol. The Kier molecular flexibility index (Phi) is 23.1. The van der Waals surface area contributed by atoms with E-state index in [0.717, 1.165) is 24.2 Å². The first-order valence-electron chi connectivity index (χ1n) is 17.6. The lowest BCUT2D eigenvalue weighted by Crippen LogP contribution is -2.46. The molecule has 46 heavy (non-hydrogen) atoms. The number of para-hydroxylation sites is 1. The van der Waals surface area contributed by atoms with E-state index >= 15 is 0 Å². The molecule has 10 nitrogen and oxygen atoms in total. The second-order valence-corrected chi connectivity index (χ2v) is 12.4. The van der Waals surface area contributed by atoms with Crippen molar-refractivity contribution < 1.29 is 23.9 Å². The van der Waals surface area contributed by atoms with Crippen LogP contribution in [0, 0.1) is 0 Å². The molecule has 0 aliphatic rings. The summed E-state index contributed by atoms with van der Waals surface area (Å²) in [6.07, 6.45) is 19.9. The van der Waals surface area contributed by atoms with Gasteiger partial charge in [0.05, 0.1) is 5.69 Å². The number of rotatable bonds is 26. The van der Waals surface area contributed by atoms with E-state index in [0.29, 0.717) is 37.0 Å². The summed E-state index contributed by atoms with van der Waals surface area (Å²) in [6, 6.07) is 5.83. The number of hydrogen-bond donors (Lipinski definition) is 2. The van der Waals surface area contributed by atoms with Crippen LogP contribution in [0.15, 0.2) is 24.3 Å². The first-order chi connectivity index (χ1) is 22.3. The molecule has 5 amide bonds. The fourth-order valence-electron chi connectivity index (χ4n) is 5.63. The second kappa shape index (κ2) is 26.0. The highest BCUT2D eigenvalue weighted by molar-refractivity contribution is 5.93. The Labute approximate surface area is 279 Å². The first kappa shape index (κ1) is 40.9. The molecular weight excluding hydrogens is 582 g/mol. The topological polar surface area (TPSA) is 111 Å². The SMILES string of the molecule is CCCCCCCCCCCCCCCCCC(C(=O)NC)N(C=O)c1ccccc1COC(=O)N(CCCN(C)C)C(=O)NC. The number of amides is 5. The number of unbranched alkanes of at least 4 members (excludes halogenated alkanes) is 14. The molecule has 0 aliphatic heterocycles. The number of hydrogen-bond acceptors (Lipinski definition) is 6. The molecule has 1 aromatic carbocycles. The summed E-state index contributed by atoms with van der Waals surface area (Å²) in [5.41, 5.74) is 1.07. The van der Waals surface area contributed by atoms with Crippen molar-refractivity contribution in [1.82, 2.24) is 20.4 Å². The molecule has 262 valence electrons. The van der Waals surface area contributed by atoms with Gasteiger partial charge < -0.3 is 25.2 Å². The molecule has 0 heterocycles. The summed E-state index contributed by atoms with van der Waals surface area (Å²) >= 11 is 0. The highest BCUT2D eigenvalue weighted by atomic mass is 16.6. The van der Waals surface area contributed by atoms with E-state index in [1.54, 1.807) is 31.3 Å². The minimum absolute atomic E-state index is 0.153. The van der Waals surface area contributed by atoms with Crippen LogP contribution in [-0.4, -0.2) is 81.6 Å². The van der Waals surface area contributed by atoms with Crippen molar-refractivity contribution >= 4 is 30.1 Å². The molecule has 1 unspecified atom stereocenters. The Morgan fingerprint density at radius 1 is 0.761 bits per heavy atom. The summed E-state index contributed by atoms with van der Waals surface area (Å²) in [5, 5.41) is 5.19. The monoisotopic (exact) mass is 645 g/mol. The number of imide groups is 1. The molecule has 0 fully saturated rings. The third-order valence-corrected chi connectivity index (χ3v) is 8.37. The molecule has 10 heteroatoms. The Balaban J connectivity index is 2.62. The number of carbonyl (C=O) groups is 4. The van der Waals surface area contributed by atoms with E-state index < -0.39 is 18.2 Å². The standard InChI is InChI=1S/C36H63N5O5/c1-6-7-8-9-10-11-12-13-14-15-16-17-18-19-20-26-33(34(43)37-2)41(30-42)32-25-22-21-24-31(32)29-46-36(45)40(35(44)38-3)28-23-27-39(4)5/h21-22,24-25,30,33H,6-20,23,26-29H2,1-5H3,(H,37,43)(H,38,44). The summed E-state index contributed by atoms with van der Waals surface area (Å²) in [6.45, 7) is 3.02. The number of carbonyl (C=O) groups excluding carboxylic acids is 4. The highest BCUT2D eigenvalue weighted by Crippen LogP contribution is 2.25. The van der Waals surface area contributed by atoms with Gasteiger partial charge in [-0.3, -0.25) is 9.59 Å². The molecule has 0 spiro atoms. The van der Waals surface area contributed by atoms with E-state index in [1.165, 1.54) is 89.0 Å². The van der Waals surface area contributed by atoms with Crippen LogP contribution in [0.2, 0.25) is 0 Å². The maximum absolute atomic E-state index is 12.9. The third kappa shape index (κ3) is 17.0. The van der Waals surface area contributed by atoms with E-state index in [9.17, 15) is 19.2 Å². The predicted octanol–water partition coefficient (Wildman–Crippen LogP) is 7.26. The lowest BCUT2D eigenvalue weighted by Gasteiger charge is -2.29. The summed E-state index contributed by atoms with van der Waals surface area (Å²) in [4.78, 5) is 55.0. The van der Waals surface area contributed by atoms with Gasteiger partial charge in [0.25, 0.3) is 0 Å². The zero-order chi connectivity index (χ0) is 34.0. The number of nitrogens with zero attached hydrogens (tertiary/aromatic N) is 3. The number of nitrogens with one attached hydrogen (secondary N) is 2. The maximum Gasteiger partial charge on any atom is 0.418 e. The van der Waals surface area contributed by atoms with Crippen LogP contribution in [0.3, 0.4) is 0 Å². The molecule has 0 saturated heterocycles. The van der Waals surface area contributed by atoms with Gasteiger partial charge in [-0.15, -0.1) is 0 Å². The van der Waals surface area contributed by atoms with Gasteiger partial charge in [-0.2, -0.15) is 0 Å². The number of urea groups is 1. The van der Waals surface area contributed by atoms with Crippen LogP contribution in [0.25, 0.3) is 0 Å². The van der Waals surface area contributed by atoms with Gasteiger partial charge >= 0.3 is 12.1 Å². The predicted molar refractivity (Wildman–Crippen MR) is 187 cm³/mol. The van der Waals surface area contributed by atoms with E-state index in [4.69, 9.17) is 4.74 Å². The van der Waals surface area contributed by atoms with Gasteiger partial charge in [0, 0.05) is 26.2 Å². The molecule has 1 rings (SSSR count). The molecule has 0 bridgehead atoms. The van der Waals surface area contributed by atoms with Crippen LogP contribution >= 0.6 is 0 Å². The van der Waals surface area contributed by atoms with Crippen molar-refractivity contribution in [2.24, 2.45) is 0 Å². The molecule has 0 aromatic heterocycles. The molecule has 1 aromatic rings. The van der Waals surface area contributed by atoms with Gasteiger partial charge in [0.15, 0.2) is 0 Å². The van der Waals surface area contributed by atoms with Crippen molar-refractivity contribution in [3.8, 4) is 0 Å². The Bertz CT molecular complexity index is 989. The third-order valence-electron chi connectivity index (χ3n) is 8.37. The molecule has 1 atom stereocenters. The van der Waals surface area contributed by atoms with Gasteiger partial charge in [-0.05, 0) is 39.5 Å². The minimum atomic E-state index is -0.772. The summed E-state index contributed by atoms with van der Waals surface area (Å²) in [7, 11) is 6.88. The lowest BCUT2D eigenvalue weighted by molar-refractivity contribution is -0.123. The Hall–Kier alpha value is -3.14. The molecule has 0 aliphatic carbocycles. The number of anilines is 1. The molecular formula is C36H63N5O5. The molecule has 0 saturated carbocycles. The zero-order valence-electron chi connectivity index (χ0n) is 29.5. The van der Waals surface area contributed by atoms with Crippen LogP contribution in [-0.2, 0) is 20.9 Å². The maximum atomic E-state index is 12.9. The molecule has 2 N–H and O–H groups in total. The van der Waals surface area contributed by atoms with Crippen molar-refractivity contribution in [3.63, 3.8) is 0 Å². The van der Waals surface area contributed by atoms with Crippen molar-refractivity contribution in [2.75, 3.05) is 46.2 Å². The Morgan fingerprint density at radius 3 is 1.80 bits per heavy atom. The smallest absolute Gasteiger partial charge is 0.418 e. The number of benzene rings is 1. The van der Waals surface area contributed by atoms with E-state index in [2.05, 4.69) is 17.6 Å². The Morgan fingerprint density at radius 2 is 1.30 bits per heavy atom. The van der Waals surface area contributed by atoms with Crippen LogP contribution in [0.1, 0.15) is 122 Å². The zero-order valence-corrected chi connectivity index (χ0v) is 29.5. The fraction of sp³-hybridized carbons (Fsp3) is 0.722. The highest BCUT2D eigenvalue weighted by Gasteiger charge is 2.27. The van der Waals surface area contributed by atoms with Crippen molar-refractivity contribution in [2.45, 2.75) is 129 Å². The van der Waals surface area contributed by atoms with Crippen LogP contribution in [0.4, 0.5) is 15.3 Å². The van der Waals surface area contributed by atoms with Crippen molar-refractivity contribution in [3.05, 3.63) is 29.8 Å². The summed E-state index contributed by atoms with van der Waals surface area (Å²) < 4.78 is 5.53. The lowest BCUT2D eigenvalue weighted by atomic mass is 10.0. The number of ether oxygens (including phenoxy) is 1. The van der Waals surface area contributed by atoms with Gasteiger partial charge in [-0.1, -0.05) is 121 Å². The quantitative estimate of drug-likeness (QED) is 0.0811. The number of likely N-dealkylation sites (N-methyl/N-ethyl adjacent to an activating group) is 1. The minimum Gasteiger partial charge on any atom is -0.444 e. The fourth-order valence-corrected chi connectivity index (χ4v) is 5.63. The van der Waals surface area contributed by atoms with Gasteiger partial charge in [0.1, 0.15) is 12.6 Å². The van der Waals surface area contributed by atoms with Crippen LogP contribution < -0.4 is 15.5 Å². The van der Waals surface area contributed by atoms with Gasteiger partial charge in [-0.25, -0.2) is 14.5 Å². The molecule has 0 radical (unpaired) electrons. The summed E-state index contributed by atoms with van der Waals surface area (Å²) in [5.74, 6) is -0.240. The van der Waals surface area contributed by atoms with E-state index in [-0.39, 0.29) is 19.1 Å². The van der Waals surface area contributed by atoms with E-state index in [1.807, 2.05) is 19.0 Å². The first-order valence-corrected chi connectivity index (χ1v) is 17.6.